The van der Waals surface area contributed by atoms with Crippen molar-refractivity contribution in [1.82, 2.24) is 20.1 Å². The van der Waals surface area contributed by atoms with Crippen LogP contribution < -0.4 is 10.1 Å². The lowest BCUT2D eigenvalue weighted by Gasteiger charge is -2.38. The average Bonchev–Trinajstić information content (AvgIpc) is 3.14. The monoisotopic (exact) mass is 470 g/mol. The summed E-state index contributed by atoms with van der Waals surface area (Å²) in [5.74, 6) is 0.597. The smallest absolute Gasteiger partial charge is 0.242 e. The zero-order chi connectivity index (χ0) is 23.6. The van der Waals surface area contributed by atoms with Gasteiger partial charge in [-0.15, -0.1) is 5.10 Å². The first-order valence-electron chi connectivity index (χ1n) is 11.3. The summed E-state index contributed by atoms with van der Waals surface area (Å²) in [7, 11) is 3.47. The lowest BCUT2D eigenvalue weighted by atomic mass is 9.74. The Balaban J connectivity index is 1.47. The lowest BCUT2D eigenvalue weighted by Crippen LogP contribution is -2.44. The minimum atomic E-state index is -0.131. The molecule has 1 saturated heterocycles. The molecule has 1 aromatic carbocycles. The number of aromatic nitrogens is 3. The molecule has 1 amide bonds. The normalized spacial score (nSPS) is 15.5. The number of rotatable bonds is 7. The van der Waals surface area contributed by atoms with Gasteiger partial charge in [-0.3, -0.25) is 4.79 Å². The molecule has 1 N–H and O–H groups in total. The van der Waals surface area contributed by atoms with Crippen LogP contribution in [0.4, 0.5) is 0 Å². The summed E-state index contributed by atoms with van der Waals surface area (Å²) < 4.78 is 12.8. The number of carbonyl (C=O) groups is 1. The number of amides is 1. The molecule has 4 rings (SSSR count). The Hall–Kier alpha value is -2.64. The Bertz CT molecular complexity index is 1150. The number of fused-ring (bicyclic) bond motifs is 1. The van der Waals surface area contributed by atoms with Crippen LogP contribution in [0.25, 0.3) is 11.0 Å². The van der Waals surface area contributed by atoms with Crippen molar-refractivity contribution in [2.45, 2.75) is 44.9 Å². The van der Waals surface area contributed by atoms with E-state index in [1.807, 2.05) is 33.0 Å². The fraction of sp³-hybridized carbons (Fsp3) is 0.480. The molecule has 3 heterocycles. The van der Waals surface area contributed by atoms with Gasteiger partial charge < -0.3 is 14.8 Å². The molecule has 8 heteroatoms. The van der Waals surface area contributed by atoms with Gasteiger partial charge in [0.2, 0.25) is 11.8 Å². The van der Waals surface area contributed by atoms with E-state index in [0.717, 1.165) is 40.7 Å². The summed E-state index contributed by atoms with van der Waals surface area (Å²) in [4.78, 5) is 17.6. The summed E-state index contributed by atoms with van der Waals surface area (Å²) in [6.45, 7) is 6.00. The quantitative estimate of drug-likeness (QED) is 0.563. The highest BCUT2D eigenvalue weighted by molar-refractivity contribution is 6.30. The number of aryl methyl sites for hydroxylation is 3. The van der Waals surface area contributed by atoms with E-state index in [9.17, 15) is 4.79 Å². The zero-order valence-corrected chi connectivity index (χ0v) is 20.5. The predicted molar refractivity (Wildman–Crippen MR) is 129 cm³/mol. The van der Waals surface area contributed by atoms with Crippen molar-refractivity contribution in [3.63, 3.8) is 0 Å². The van der Waals surface area contributed by atoms with Gasteiger partial charge in [0.05, 0.1) is 12.5 Å². The second-order valence-corrected chi connectivity index (χ2v) is 9.25. The van der Waals surface area contributed by atoms with E-state index in [2.05, 4.69) is 22.5 Å². The van der Waals surface area contributed by atoms with Gasteiger partial charge in [-0.1, -0.05) is 23.7 Å². The standard InChI is InChI=1S/C25H31ClN4O3/c1-16-20(17(2)28-23-22(16)24(32-4)29-30(23)3)9-10-21(31)27-15-25(11-13-33-14-12-25)18-5-7-19(26)8-6-18/h5-8H,9-15H2,1-4H3,(H,27,31). The van der Waals surface area contributed by atoms with Gasteiger partial charge in [-0.05, 0) is 61.9 Å². The van der Waals surface area contributed by atoms with Crippen LogP contribution in [0.2, 0.25) is 5.02 Å². The second kappa shape index (κ2) is 9.69. The largest absolute Gasteiger partial charge is 0.479 e. The maximum atomic E-state index is 12.9. The van der Waals surface area contributed by atoms with Crippen LogP contribution in [0.15, 0.2) is 24.3 Å². The number of carbonyl (C=O) groups excluding carboxylic acids is 1. The number of hydrogen-bond acceptors (Lipinski definition) is 5. The molecule has 2 aromatic heterocycles. The van der Waals surface area contributed by atoms with Crippen LogP contribution in [0.1, 0.15) is 41.6 Å². The van der Waals surface area contributed by atoms with Crippen molar-refractivity contribution < 1.29 is 14.3 Å². The molecular formula is C25H31ClN4O3. The number of hydrogen-bond donors (Lipinski definition) is 1. The number of nitrogens with zero attached hydrogens (tertiary/aromatic N) is 3. The first-order valence-corrected chi connectivity index (χ1v) is 11.7. The number of nitrogens with one attached hydrogen (secondary N) is 1. The van der Waals surface area contributed by atoms with Crippen LogP contribution in [0.5, 0.6) is 5.88 Å². The molecule has 0 atom stereocenters. The molecule has 33 heavy (non-hydrogen) atoms. The highest BCUT2D eigenvalue weighted by Gasteiger charge is 2.34. The lowest BCUT2D eigenvalue weighted by molar-refractivity contribution is -0.121. The van der Waals surface area contributed by atoms with Crippen LogP contribution in [-0.4, -0.2) is 47.5 Å². The Morgan fingerprint density at radius 2 is 1.94 bits per heavy atom. The van der Waals surface area contributed by atoms with E-state index in [1.165, 1.54) is 5.56 Å². The second-order valence-electron chi connectivity index (χ2n) is 8.81. The van der Waals surface area contributed by atoms with Crippen molar-refractivity contribution in [2.24, 2.45) is 7.05 Å². The summed E-state index contributed by atoms with van der Waals surface area (Å²) in [5, 5.41) is 9.22. The number of methoxy groups -OCH3 is 1. The molecule has 176 valence electrons. The maximum Gasteiger partial charge on any atom is 0.242 e. The number of benzene rings is 1. The third kappa shape index (κ3) is 4.70. The van der Waals surface area contributed by atoms with Crippen molar-refractivity contribution >= 4 is 28.5 Å². The summed E-state index contributed by atoms with van der Waals surface area (Å²) in [6.07, 6.45) is 2.75. The fourth-order valence-corrected chi connectivity index (χ4v) is 4.96. The van der Waals surface area contributed by atoms with Crippen molar-refractivity contribution in [1.29, 1.82) is 0 Å². The third-order valence-corrected chi connectivity index (χ3v) is 7.10. The van der Waals surface area contributed by atoms with Crippen LogP contribution >= 0.6 is 11.6 Å². The van der Waals surface area contributed by atoms with E-state index in [0.29, 0.717) is 43.5 Å². The Morgan fingerprint density at radius 3 is 2.61 bits per heavy atom. The average molecular weight is 471 g/mol. The zero-order valence-electron chi connectivity index (χ0n) is 19.7. The maximum absolute atomic E-state index is 12.9. The van der Waals surface area contributed by atoms with E-state index >= 15 is 0 Å². The molecule has 0 spiro atoms. The molecule has 3 aromatic rings. The third-order valence-electron chi connectivity index (χ3n) is 6.85. The van der Waals surface area contributed by atoms with Crippen molar-refractivity contribution in [3.8, 4) is 5.88 Å². The van der Waals surface area contributed by atoms with Gasteiger partial charge >= 0.3 is 0 Å². The number of pyridine rings is 1. The summed E-state index contributed by atoms with van der Waals surface area (Å²) in [6, 6.07) is 7.96. The van der Waals surface area contributed by atoms with Crippen molar-refractivity contribution in [2.75, 3.05) is 26.9 Å². The van der Waals surface area contributed by atoms with Crippen LogP contribution in [0.3, 0.4) is 0 Å². The Morgan fingerprint density at radius 1 is 1.24 bits per heavy atom. The molecule has 1 aliphatic rings. The van der Waals surface area contributed by atoms with Gasteiger partial charge in [0.15, 0.2) is 5.65 Å². The van der Waals surface area contributed by atoms with E-state index in [4.69, 9.17) is 26.1 Å². The topological polar surface area (TPSA) is 78.3 Å². The minimum absolute atomic E-state index is 0.0341. The van der Waals surface area contributed by atoms with Gasteiger partial charge in [0, 0.05) is 49.4 Å². The SMILES string of the molecule is COc1nn(C)c2nc(C)c(CCC(=O)NCC3(c4ccc(Cl)cc4)CCOCC3)c(C)c12. The predicted octanol–water partition coefficient (Wildman–Crippen LogP) is 4.04. The highest BCUT2D eigenvalue weighted by Crippen LogP contribution is 2.35. The van der Waals surface area contributed by atoms with Crippen molar-refractivity contribution in [3.05, 3.63) is 51.7 Å². The van der Waals surface area contributed by atoms with Gasteiger partial charge in [0.25, 0.3) is 0 Å². The molecule has 1 fully saturated rings. The Kier molecular flexibility index (Phi) is 6.91. The molecule has 0 bridgehead atoms. The number of halogens is 1. The highest BCUT2D eigenvalue weighted by atomic mass is 35.5. The van der Waals surface area contributed by atoms with Gasteiger partial charge in [0.1, 0.15) is 0 Å². The van der Waals surface area contributed by atoms with E-state index in [-0.39, 0.29) is 11.3 Å². The Labute approximate surface area is 199 Å². The van der Waals surface area contributed by atoms with Crippen LogP contribution in [0, 0.1) is 13.8 Å². The first-order chi connectivity index (χ1) is 15.8. The summed E-state index contributed by atoms with van der Waals surface area (Å²) in [5.41, 5.74) is 4.91. The molecule has 0 aliphatic carbocycles. The number of ether oxygens (including phenoxy) is 2. The van der Waals surface area contributed by atoms with Crippen LogP contribution in [-0.2, 0) is 28.4 Å². The molecule has 0 radical (unpaired) electrons. The molecule has 7 nitrogen and oxygen atoms in total. The molecule has 0 saturated carbocycles. The van der Waals surface area contributed by atoms with E-state index in [1.54, 1.807) is 11.8 Å². The summed E-state index contributed by atoms with van der Waals surface area (Å²) >= 11 is 6.09. The molecule has 0 unspecified atom stereocenters. The molecular weight excluding hydrogens is 440 g/mol. The first kappa shape index (κ1) is 23.5. The fourth-order valence-electron chi connectivity index (χ4n) is 4.84. The minimum Gasteiger partial charge on any atom is -0.479 e. The van der Waals surface area contributed by atoms with Gasteiger partial charge in [-0.2, -0.15) is 0 Å². The van der Waals surface area contributed by atoms with Gasteiger partial charge in [-0.25, -0.2) is 9.67 Å². The molecule has 1 aliphatic heterocycles. The van der Waals surface area contributed by atoms with E-state index < -0.39 is 0 Å².